The number of nitrogens with one attached hydrogen (secondary N) is 1. The number of nitrogens with zero attached hydrogens (tertiary/aromatic N) is 3. The molecule has 1 saturated heterocycles. The highest BCUT2D eigenvalue weighted by Crippen LogP contribution is 2.43. The first-order valence-electron chi connectivity index (χ1n) is 9.08. The molecule has 0 bridgehead atoms. The first-order valence-corrected chi connectivity index (χ1v) is 11.4. The number of hydrogen-bond acceptors (Lipinski definition) is 7. The lowest BCUT2D eigenvalue weighted by molar-refractivity contribution is 0.262. The highest BCUT2D eigenvalue weighted by atomic mass is 32.2. The molecule has 28 heavy (non-hydrogen) atoms. The molecule has 2 aromatic heterocycles. The van der Waals surface area contributed by atoms with Crippen molar-refractivity contribution in [3.8, 4) is 0 Å². The molecule has 0 atom stereocenters. The molecule has 4 rings (SSSR count). The van der Waals surface area contributed by atoms with E-state index in [0.717, 1.165) is 10.8 Å². The summed E-state index contributed by atoms with van der Waals surface area (Å²) in [6.07, 6.45) is 2.60. The number of aromatic nitrogens is 2. The van der Waals surface area contributed by atoms with Crippen molar-refractivity contribution in [3.63, 3.8) is 0 Å². The van der Waals surface area contributed by atoms with Crippen LogP contribution in [0, 0.1) is 6.92 Å². The van der Waals surface area contributed by atoms with E-state index < -0.39 is 10.0 Å². The van der Waals surface area contributed by atoms with Crippen LogP contribution in [0.5, 0.6) is 0 Å². The summed E-state index contributed by atoms with van der Waals surface area (Å²) in [5, 5.41) is 9.66. The minimum Gasteiger partial charge on any atom is -0.365 e. The highest BCUT2D eigenvalue weighted by molar-refractivity contribution is 7.89. The van der Waals surface area contributed by atoms with Crippen LogP contribution in [0.3, 0.4) is 0 Å². The normalized spacial score (nSPS) is 17.5. The van der Waals surface area contributed by atoms with Crippen molar-refractivity contribution < 1.29 is 12.9 Å². The Bertz CT molecular complexity index is 1050. The van der Waals surface area contributed by atoms with E-state index in [0.29, 0.717) is 31.7 Å². The lowest BCUT2D eigenvalue weighted by atomic mass is 9.71. The van der Waals surface area contributed by atoms with Crippen molar-refractivity contribution in [1.82, 2.24) is 14.4 Å². The average molecular weight is 419 g/mol. The summed E-state index contributed by atoms with van der Waals surface area (Å²) >= 11 is 1.57. The predicted octanol–water partition coefficient (Wildman–Crippen LogP) is 3.25. The summed E-state index contributed by atoms with van der Waals surface area (Å²) in [6, 6.07) is 10.2. The van der Waals surface area contributed by atoms with Gasteiger partial charge in [-0.3, -0.25) is 0 Å². The summed E-state index contributed by atoms with van der Waals surface area (Å²) in [4.78, 5) is 4.91. The second-order valence-electron chi connectivity index (χ2n) is 6.89. The van der Waals surface area contributed by atoms with Crippen LogP contribution in [0.25, 0.3) is 0 Å². The third-order valence-electron chi connectivity index (χ3n) is 5.44. The molecule has 1 fully saturated rings. The van der Waals surface area contributed by atoms with Gasteiger partial charge in [0.15, 0.2) is 10.9 Å². The number of aryl methyl sites for hydroxylation is 1. The molecule has 0 spiro atoms. The molecule has 9 heteroatoms. The van der Waals surface area contributed by atoms with Crippen LogP contribution in [-0.2, 0) is 15.4 Å². The molecule has 3 heterocycles. The van der Waals surface area contributed by atoms with E-state index in [1.165, 1.54) is 16.1 Å². The quantitative estimate of drug-likeness (QED) is 0.684. The van der Waals surface area contributed by atoms with Gasteiger partial charge in [-0.1, -0.05) is 35.5 Å². The Morgan fingerprint density at radius 3 is 2.50 bits per heavy atom. The number of rotatable bonds is 5. The zero-order valence-electron chi connectivity index (χ0n) is 15.8. The standard InChI is InChI=1S/C19H22N4O3S2/c1-14-16(12-21-26-14)28(24,25)23-10-8-19(9-11-23,15-6-4-3-5-7-15)17-13-27-18(20-2)22-17/h3-7,12-13H,8-11H2,1-2H3,(H,20,22). The van der Waals surface area contributed by atoms with Crippen molar-refractivity contribution in [3.05, 3.63) is 58.9 Å². The minimum absolute atomic E-state index is 0.144. The maximum Gasteiger partial charge on any atom is 0.248 e. The molecule has 1 N–H and O–H groups in total. The van der Waals surface area contributed by atoms with E-state index in [2.05, 4.69) is 28.0 Å². The van der Waals surface area contributed by atoms with Crippen molar-refractivity contribution in [2.45, 2.75) is 30.1 Å². The number of hydrogen-bond donors (Lipinski definition) is 1. The fourth-order valence-corrected chi connectivity index (χ4v) is 6.13. The van der Waals surface area contributed by atoms with Crippen LogP contribution >= 0.6 is 11.3 Å². The Balaban J connectivity index is 1.67. The van der Waals surface area contributed by atoms with Gasteiger partial charge in [-0.25, -0.2) is 13.4 Å². The van der Waals surface area contributed by atoms with E-state index >= 15 is 0 Å². The minimum atomic E-state index is -3.62. The number of anilines is 1. The molecule has 0 saturated carbocycles. The van der Waals surface area contributed by atoms with Crippen molar-refractivity contribution in [2.75, 3.05) is 25.5 Å². The maximum absolute atomic E-state index is 13.0. The Kier molecular flexibility index (Phi) is 4.98. The molecule has 7 nitrogen and oxygen atoms in total. The molecular weight excluding hydrogens is 396 g/mol. The molecule has 148 valence electrons. The Morgan fingerprint density at radius 1 is 1.21 bits per heavy atom. The molecule has 1 aliphatic heterocycles. The molecular formula is C19H22N4O3S2. The van der Waals surface area contributed by atoms with Gasteiger partial charge in [-0.05, 0) is 25.3 Å². The fourth-order valence-electron chi connectivity index (χ4n) is 3.84. The number of thiazole rings is 1. The Labute approximate surface area is 168 Å². The van der Waals surface area contributed by atoms with Gasteiger partial charge in [0, 0.05) is 30.9 Å². The van der Waals surface area contributed by atoms with Crippen molar-refractivity contribution in [1.29, 1.82) is 0 Å². The van der Waals surface area contributed by atoms with Crippen molar-refractivity contribution >= 4 is 26.5 Å². The van der Waals surface area contributed by atoms with Crippen LogP contribution in [0.4, 0.5) is 5.13 Å². The van der Waals surface area contributed by atoms with E-state index in [9.17, 15) is 8.42 Å². The first-order chi connectivity index (χ1) is 13.5. The summed E-state index contributed by atoms with van der Waals surface area (Å²) < 4.78 is 32.5. The fraction of sp³-hybridized carbons (Fsp3) is 0.368. The molecule has 0 amide bonds. The predicted molar refractivity (Wildman–Crippen MR) is 108 cm³/mol. The smallest absolute Gasteiger partial charge is 0.248 e. The Morgan fingerprint density at radius 2 is 1.93 bits per heavy atom. The van der Waals surface area contributed by atoms with Crippen molar-refractivity contribution in [2.24, 2.45) is 0 Å². The molecule has 3 aromatic rings. The van der Waals surface area contributed by atoms with Crippen LogP contribution in [0.1, 0.15) is 29.9 Å². The van der Waals surface area contributed by atoms with Gasteiger partial charge >= 0.3 is 0 Å². The lowest BCUT2D eigenvalue weighted by Gasteiger charge is -2.40. The highest BCUT2D eigenvalue weighted by Gasteiger charge is 2.43. The summed E-state index contributed by atoms with van der Waals surface area (Å²) in [5.74, 6) is 0.318. The molecule has 0 radical (unpaired) electrons. The van der Waals surface area contributed by atoms with Gasteiger partial charge in [0.05, 0.1) is 11.9 Å². The second-order valence-corrected chi connectivity index (χ2v) is 9.65. The van der Waals surface area contributed by atoms with Gasteiger partial charge in [-0.2, -0.15) is 4.31 Å². The molecule has 1 aromatic carbocycles. The molecule has 0 unspecified atom stereocenters. The van der Waals surface area contributed by atoms with Gasteiger partial charge in [-0.15, -0.1) is 11.3 Å². The topological polar surface area (TPSA) is 88.3 Å². The van der Waals surface area contributed by atoms with E-state index in [1.807, 2.05) is 25.2 Å². The van der Waals surface area contributed by atoms with E-state index in [4.69, 9.17) is 9.51 Å². The maximum atomic E-state index is 13.0. The van der Waals surface area contributed by atoms with Gasteiger partial charge < -0.3 is 9.84 Å². The number of piperidine rings is 1. The lowest BCUT2D eigenvalue weighted by Crippen LogP contribution is -2.45. The summed E-state index contributed by atoms with van der Waals surface area (Å²) in [5.41, 5.74) is 1.86. The number of sulfonamides is 1. The van der Waals surface area contributed by atoms with Crippen LogP contribution in [-0.4, -0.2) is 43.0 Å². The molecule has 1 aliphatic rings. The zero-order chi connectivity index (χ0) is 19.8. The van der Waals surface area contributed by atoms with Gasteiger partial charge in [0.2, 0.25) is 10.0 Å². The van der Waals surface area contributed by atoms with Crippen LogP contribution in [0.15, 0.2) is 51.3 Å². The van der Waals surface area contributed by atoms with E-state index in [1.54, 1.807) is 18.3 Å². The summed E-state index contributed by atoms with van der Waals surface area (Å²) in [6.45, 7) is 2.44. The van der Waals surface area contributed by atoms with Crippen LogP contribution in [0.2, 0.25) is 0 Å². The average Bonchev–Trinajstić information content (AvgIpc) is 3.38. The van der Waals surface area contributed by atoms with Crippen LogP contribution < -0.4 is 5.32 Å². The largest absolute Gasteiger partial charge is 0.365 e. The zero-order valence-corrected chi connectivity index (χ0v) is 17.4. The first kappa shape index (κ1) is 19.1. The summed E-state index contributed by atoms with van der Waals surface area (Å²) in [7, 11) is -1.76. The van der Waals surface area contributed by atoms with Gasteiger partial charge in [0.25, 0.3) is 0 Å². The Hall–Kier alpha value is -2.23. The third kappa shape index (κ3) is 3.13. The number of benzene rings is 1. The van der Waals surface area contributed by atoms with E-state index in [-0.39, 0.29) is 10.3 Å². The second kappa shape index (κ2) is 7.31. The molecule has 0 aliphatic carbocycles. The van der Waals surface area contributed by atoms with Gasteiger partial charge in [0.1, 0.15) is 4.90 Å². The SMILES string of the molecule is CNc1nc(C2(c3ccccc3)CCN(S(=O)(=O)c3cnoc3C)CC2)cs1. The third-order valence-corrected chi connectivity index (χ3v) is 8.29. The monoisotopic (exact) mass is 418 g/mol.